The third kappa shape index (κ3) is 2.74. The second kappa shape index (κ2) is 5.45. The van der Waals surface area contributed by atoms with Gasteiger partial charge in [-0.25, -0.2) is 4.98 Å². The largest absolute Gasteiger partial charge is 0.338 e. The highest BCUT2D eigenvalue weighted by atomic mass is 14.9. The first kappa shape index (κ1) is 12.3. The molecule has 0 unspecified atom stereocenters. The fourth-order valence-corrected chi connectivity index (χ4v) is 1.77. The molecular weight excluding hydrogens is 222 g/mol. The molecule has 3 heteroatoms. The molecule has 0 bridgehead atoms. The van der Waals surface area contributed by atoms with Crippen LogP contribution in [0.5, 0.6) is 0 Å². The van der Waals surface area contributed by atoms with Gasteiger partial charge in [-0.2, -0.15) is 0 Å². The molecular formula is C15H17N3. The van der Waals surface area contributed by atoms with Gasteiger partial charge in [-0.1, -0.05) is 32.0 Å². The Morgan fingerprint density at radius 1 is 1.33 bits per heavy atom. The second-order valence-electron chi connectivity index (χ2n) is 4.49. The van der Waals surface area contributed by atoms with E-state index in [2.05, 4.69) is 48.1 Å². The van der Waals surface area contributed by atoms with Crippen molar-refractivity contribution in [3.8, 4) is 11.3 Å². The average Bonchev–Trinajstić information content (AvgIpc) is 2.85. The summed E-state index contributed by atoms with van der Waals surface area (Å²) in [5.41, 5.74) is 3.46. The van der Waals surface area contributed by atoms with Crippen LogP contribution in [0.4, 0.5) is 0 Å². The molecule has 2 aromatic rings. The van der Waals surface area contributed by atoms with Crippen LogP contribution < -0.4 is 0 Å². The number of benzene rings is 1. The van der Waals surface area contributed by atoms with Crippen molar-refractivity contribution in [1.29, 1.82) is 5.41 Å². The molecule has 0 radical (unpaired) electrons. The molecule has 0 aliphatic carbocycles. The molecule has 0 aliphatic rings. The Hall–Kier alpha value is -2.16. The minimum Gasteiger partial charge on any atom is -0.338 e. The van der Waals surface area contributed by atoms with Gasteiger partial charge in [-0.15, -0.1) is 0 Å². The standard InChI is InChI=1S/C15H17N3/c1-11(2)12-5-3-6-13(9-12)14-10-17-15(18-14)7-4-8-16/h3-11,16H,1-2H3,(H,17,18)/b7-4-,16-8?. The van der Waals surface area contributed by atoms with Crippen LogP contribution in [-0.2, 0) is 0 Å². The zero-order chi connectivity index (χ0) is 13.0. The molecule has 0 amide bonds. The average molecular weight is 239 g/mol. The summed E-state index contributed by atoms with van der Waals surface area (Å²) >= 11 is 0. The van der Waals surface area contributed by atoms with Gasteiger partial charge in [0.25, 0.3) is 0 Å². The third-order valence-electron chi connectivity index (χ3n) is 2.81. The van der Waals surface area contributed by atoms with E-state index >= 15 is 0 Å². The summed E-state index contributed by atoms with van der Waals surface area (Å²) in [4.78, 5) is 7.49. The number of allylic oxidation sites excluding steroid dienone is 1. The lowest BCUT2D eigenvalue weighted by molar-refractivity contribution is 0.867. The fourth-order valence-electron chi connectivity index (χ4n) is 1.77. The molecule has 0 saturated carbocycles. The number of hydrogen-bond donors (Lipinski definition) is 2. The highest BCUT2D eigenvalue weighted by molar-refractivity contribution is 5.75. The number of nitrogens with one attached hydrogen (secondary N) is 2. The van der Waals surface area contributed by atoms with Crippen molar-refractivity contribution in [2.75, 3.05) is 0 Å². The van der Waals surface area contributed by atoms with Crippen LogP contribution in [0.3, 0.4) is 0 Å². The lowest BCUT2D eigenvalue weighted by atomic mass is 10.00. The molecule has 18 heavy (non-hydrogen) atoms. The first-order valence-corrected chi connectivity index (χ1v) is 6.03. The summed E-state index contributed by atoms with van der Waals surface area (Å²) in [6, 6.07) is 8.46. The molecule has 0 aliphatic heterocycles. The van der Waals surface area contributed by atoms with E-state index in [4.69, 9.17) is 5.41 Å². The number of H-pyrrole nitrogens is 1. The van der Waals surface area contributed by atoms with Crippen molar-refractivity contribution in [2.45, 2.75) is 19.8 Å². The maximum absolute atomic E-state index is 6.94. The van der Waals surface area contributed by atoms with Crippen LogP contribution in [-0.4, -0.2) is 16.2 Å². The molecule has 1 aromatic carbocycles. The number of hydrogen-bond acceptors (Lipinski definition) is 2. The molecule has 0 spiro atoms. The molecule has 0 fully saturated rings. The van der Waals surface area contributed by atoms with Gasteiger partial charge in [0.15, 0.2) is 0 Å². The number of nitrogens with zero attached hydrogens (tertiary/aromatic N) is 1. The normalized spacial score (nSPS) is 11.3. The van der Waals surface area contributed by atoms with Crippen LogP contribution in [0, 0.1) is 5.41 Å². The van der Waals surface area contributed by atoms with E-state index in [0.717, 1.165) is 17.1 Å². The lowest BCUT2D eigenvalue weighted by Crippen LogP contribution is -1.87. The molecule has 92 valence electrons. The maximum Gasteiger partial charge on any atom is 0.130 e. The van der Waals surface area contributed by atoms with Gasteiger partial charge in [0.05, 0.1) is 11.9 Å². The molecule has 2 rings (SSSR count). The smallest absolute Gasteiger partial charge is 0.130 e. The van der Waals surface area contributed by atoms with Crippen LogP contribution in [0.15, 0.2) is 36.5 Å². The van der Waals surface area contributed by atoms with E-state index in [1.807, 2.05) is 6.20 Å². The van der Waals surface area contributed by atoms with Crippen molar-refractivity contribution in [3.63, 3.8) is 0 Å². The first-order valence-electron chi connectivity index (χ1n) is 6.03. The van der Waals surface area contributed by atoms with Gasteiger partial charge in [-0.05, 0) is 35.3 Å². The monoisotopic (exact) mass is 239 g/mol. The zero-order valence-electron chi connectivity index (χ0n) is 10.6. The van der Waals surface area contributed by atoms with E-state index in [1.165, 1.54) is 11.8 Å². The Balaban J connectivity index is 2.31. The molecule has 0 atom stereocenters. The van der Waals surface area contributed by atoms with E-state index in [0.29, 0.717) is 5.92 Å². The highest BCUT2D eigenvalue weighted by Gasteiger charge is 2.04. The molecule has 2 N–H and O–H groups in total. The number of imidazole rings is 1. The third-order valence-corrected chi connectivity index (χ3v) is 2.81. The lowest BCUT2D eigenvalue weighted by Gasteiger charge is -2.06. The SMILES string of the molecule is CC(C)c1cccc(-c2cnc(/C=C\C=N)[nH]2)c1. The van der Waals surface area contributed by atoms with Gasteiger partial charge in [-0.3, -0.25) is 0 Å². The second-order valence-corrected chi connectivity index (χ2v) is 4.49. The van der Waals surface area contributed by atoms with Crippen LogP contribution in [0.1, 0.15) is 31.2 Å². The summed E-state index contributed by atoms with van der Waals surface area (Å²) in [6.07, 6.45) is 6.49. The summed E-state index contributed by atoms with van der Waals surface area (Å²) in [6.45, 7) is 4.37. The summed E-state index contributed by atoms with van der Waals surface area (Å²) in [5, 5.41) is 6.94. The number of rotatable bonds is 4. The van der Waals surface area contributed by atoms with E-state index in [-0.39, 0.29) is 0 Å². The predicted molar refractivity (Wildman–Crippen MR) is 75.9 cm³/mol. The minimum atomic E-state index is 0.519. The van der Waals surface area contributed by atoms with E-state index < -0.39 is 0 Å². The highest BCUT2D eigenvalue weighted by Crippen LogP contribution is 2.22. The Morgan fingerprint density at radius 3 is 2.89 bits per heavy atom. The van der Waals surface area contributed by atoms with Gasteiger partial charge in [0.1, 0.15) is 5.82 Å². The van der Waals surface area contributed by atoms with Crippen LogP contribution in [0.2, 0.25) is 0 Å². The Kier molecular flexibility index (Phi) is 3.72. The van der Waals surface area contributed by atoms with Gasteiger partial charge < -0.3 is 10.4 Å². The van der Waals surface area contributed by atoms with Crippen molar-refractivity contribution < 1.29 is 0 Å². The number of aromatic amines is 1. The van der Waals surface area contributed by atoms with E-state index in [9.17, 15) is 0 Å². The summed E-state index contributed by atoms with van der Waals surface area (Å²) in [5.74, 6) is 1.29. The van der Waals surface area contributed by atoms with E-state index in [1.54, 1.807) is 12.2 Å². The van der Waals surface area contributed by atoms with Crippen LogP contribution >= 0.6 is 0 Å². The van der Waals surface area contributed by atoms with Gasteiger partial charge in [0.2, 0.25) is 0 Å². The Morgan fingerprint density at radius 2 is 2.17 bits per heavy atom. The van der Waals surface area contributed by atoms with Crippen molar-refractivity contribution in [3.05, 3.63) is 47.9 Å². The molecule has 1 aromatic heterocycles. The molecule has 1 heterocycles. The topological polar surface area (TPSA) is 52.5 Å². The fraction of sp³-hybridized carbons (Fsp3) is 0.200. The molecule has 3 nitrogen and oxygen atoms in total. The number of aromatic nitrogens is 2. The Labute approximate surface area is 107 Å². The van der Waals surface area contributed by atoms with Crippen molar-refractivity contribution in [1.82, 2.24) is 9.97 Å². The van der Waals surface area contributed by atoms with Gasteiger partial charge in [0, 0.05) is 6.21 Å². The quantitative estimate of drug-likeness (QED) is 0.782. The maximum atomic E-state index is 6.94. The van der Waals surface area contributed by atoms with Crippen LogP contribution in [0.25, 0.3) is 17.3 Å². The zero-order valence-corrected chi connectivity index (χ0v) is 10.6. The van der Waals surface area contributed by atoms with Crippen molar-refractivity contribution >= 4 is 12.3 Å². The minimum absolute atomic E-state index is 0.519. The summed E-state index contributed by atoms with van der Waals surface area (Å²) in [7, 11) is 0. The Bertz CT molecular complexity index is 565. The van der Waals surface area contributed by atoms with Gasteiger partial charge >= 0.3 is 0 Å². The summed E-state index contributed by atoms with van der Waals surface area (Å²) < 4.78 is 0. The van der Waals surface area contributed by atoms with Crippen molar-refractivity contribution in [2.24, 2.45) is 0 Å². The predicted octanol–water partition coefficient (Wildman–Crippen LogP) is 3.86. The first-order chi connectivity index (χ1) is 8.70. The molecule has 0 saturated heterocycles.